The Morgan fingerprint density at radius 2 is 1.71 bits per heavy atom. The van der Waals surface area contributed by atoms with E-state index in [9.17, 15) is 13.2 Å². The van der Waals surface area contributed by atoms with Crippen LogP contribution in [-0.4, -0.2) is 27.0 Å². The predicted octanol–water partition coefficient (Wildman–Crippen LogP) is 4.71. The number of hydrogen-bond donors (Lipinski definition) is 1. The molecule has 0 bridgehead atoms. The number of anilines is 1. The number of amides is 1. The van der Waals surface area contributed by atoms with Crippen molar-refractivity contribution in [3.05, 3.63) is 89.0 Å². The third-order valence-electron chi connectivity index (χ3n) is 6.87. The minimum atomic E-state index is -3.88. The maximum absolute atomic E-state index is 13.5. The minimum absolute atomic E-state index is 0.101. The summed E-state index contributed by atoms with van der Waals surface area (Å²) in [5.41, 5.74) is 5.19. The van der Waals surface area contributed by atoms with Crippen molar-refractivity contribution in [3.8, 4) is 5.75 Å². The SMILES string of the molecule is Cc1ccc(S(=O)(=O)N2C[C@@H](C(=O)N[C@H](C)c3ccc4c(c3)CCCC4)Oc3ccccc32)cc1. The summed E-state index contributed by atoms with van der Waals surface area (Å²) in [5, 5.41) is 3.04. The van der Waals surface area contributed by atoms with Gasteiger partial charge in [-0.05, 0) is 80.5 Å². The first-order chi connectivity index (χ1) is 16.8. The topological polar surface area (TPSA) is 75.7 Å². The van der Waals surface area contributed by atoms with E-state index in [1.54, 1.807) is 48.5 Å². The highest BCUT2D eigenvalue weighted by atomic mass is 32.2. The Kier molecular flexibility index (Phi) is 6.28. The molecule has 0 saturated heterocycles. The van der Waals surface area contributed by atoms with Gasteiger partial charge in [-0.1, -0.05) is 48.0 Å². The summed E-state index contributed by atoms with van der Waals surface area (Å²) < 4.78 is 34.4. The van der Waals surface area contributed by atoms with Crippen LogP contribution in [0.2, 0.25) is 0 Å². The number of nitrogens with zero attached hydrogens (tertiary/aromatic N) is 1. The number of benzene rings is 3. The van der Waals surface area contributed by atoms with Crippen LogP contribution in [0.3, 0.4) is 0 Å². The van der Waals surface area contributed by atoms with E-state index in [0.29, 0.717) is 11.4 Å². The Bertz CT molecular complexity index is 1350. The summed E-state index contributed by atoms with van der Waals surface area (Å²) in [4.78, 5) is 13.5. The zero-order chi connectivity index (χ0) is 24.6. The van der Waals surface area contributed by atoms with Crippen molar-refractivity contribution in [1.82, 2.24) is 5.32 Å². The average Bonchev–Trinajstić information content (AvgIpc) is 2.87. The molecule has 1 heterocycles. The molecular formula is C28H30N2O4S. The highest BCUT2D eigenvalue weighted by molar-refractivity contribution is 7.92. The van der Waals surface area contributed by atoms with Crippen molar-refractivity contribution in [2.24, 2.45) is 0 Å². The highest BCUT2D eigenvalue weighted by Crippen LogP contribution is 2.37. The van der Waals surface area contributed by atoms with Gasteiger partial charge in [-0.2, -0.15) is 0 Å². The molecule has 0 radical (unpaired) electrons. The molecule has 0 aromatic heterocycles. The molecule has 1 aliphatic carbocycles. The fraction of sp³-hybridized carbons (Fsp3) is 0.321. The number of fused-ring (bicyclic) bond motifs is 2. The van der Waals surface area contributed by atoms with Crippen LogP contribution >= 0.6 is 0 Å². The number of nitrogens with one attached hydrogen (secondary N) is 1. The number of hydrogen-bond acceptors (Lipinski definition) is 4. The lowest BCUT2D eigenvalue weighted by Gasteiger charge is -2.35. The first kappa shape index (κ1) is 23.4. The lowest BCUT2D eigenvalue weighted by atomic mass is 9.89. The van der Waals surface area contributed by atoms with E-state index < -0.39 is 16.1 Å². The van der Waals surface area contributed by atoms with Crippen molar-refractivity contribution >= 4 is 21.6 Å². The van der Waals surface area contributed by atoms with Crippen LogP contribution in [0.25, 0.3) is 0 Å². The molecule has 5 rings (SSSR count). The Morgan fingerprint density at radius 3 is 2.49 bits per heavy atom. The number of ether oxygens (including phenoxy) is 1. The molecule has 2 atom stereocenters. The monoisotopic (exact) mass is 490 g/mol. The lowest BCUT2D eigenvalue weighted by Crippen LogP contribution is -2.51. The zero-order valence-electron chi connectivity index (χ0n) is 20.0. The van der Waals surface area contributed by atoms with Gasteiger partial charge in [0.05, 0.1) is 23.2 Å². The quantitative estimate of drug-likeness (QED) is 0.562. The number of rotatable bonds is 5. The van der Waals surface area contributed by atoms with E-state index in [2.05, 4.69) is 23.5 Å². The van der Waals surface area contributed by atoms with E-state index in [4.69, 9.17) is 4.74 Å². The molecule has 2 aliphatic rings. The van der Waals surface area contributed by atoms with Gasteiger partial charge in [-0.25, -0.2) is 8.42 Å². The Balaban J connectivity index is 1.38. The van der Waals surface area contributed by atoms with Gasteiger partial charge in [0, 0.05) is 0 Å². The van der Waals surface area contributed by atoms with E-state index in [1.165, 1.54) is 28.3 Å². The van der Waals surface area contributed by atoms with Crippen LogP contribution in [0.4, 0.5) is 5.69 Å². The van der Waals surface area contributed by atoms with Crippen molar-refractivity contribution in [3.63, 3.8) is 0 Å². The fourth-order valence-electron chi connectivity index (χ4n) is 4.82. The second-order valence-electron chi connectivity index (χ2n) is 9.39. The van der Waals surface area contributed by atoms with Crippen LogP contribution in [0.5, 0.6) is 5.75 Å². The number of aryl methyl sites for hydroxylation is 3. The Labute approximate surface area is 207 Å². The smallest absolute Gasteiger partial charge is 0.264 e. The minimum Gasteiger partial charge on any atom is -0.476 e. The van der Waals surface area contributed by atoms with Gasteiger partial charge < -0.3 is 10.1 Å². The number of carbonyl (C=O) groups excluding carboxylic acids is 1. The molecule has 182 valence electrons. The summed E-state index contributed by atoms with van der Waals surface area (Å²) in [5.74, 6) is 0.0323. The molecule has 0 fully saturated rings. The molecular weight excluding hydrogens is 460 g/mol. The highest BCUT2D eigenvalue weighted by Gasteiger charge is 2.37. The van der Waals surface area contributed by atoms with Crippen LogP contribution in [0.15, 0.2) is 71.6 Å². The third kappa shape index (κ3) is 4.65. The van der Waals surface area contributed by atoms with E-state index in [0.717, 1.165) is 24.0 Å². The van der Waals surface area contributed by atoms with Gasteiger partial charge in [0.1, 0.15) is 5.75 Å². The van der Waals surface area contributed by atoms with E-state index in [1.807, 2.05) is 13.8 Å². The van der Waals surface area contributed by atoms with Gasteiger partial charge in [0.15, 0.2) is 6.10 Å². The molecule has 1 aliphatic heterocycles. The fourth-order valence-corrected chi connectivity index (χ4v) is 6.29. The van der Waals surface area contributed by atoms with Crippen LogP contribution in [0.1, 0.15) is 48.1 Å². The lowest BCUT2D eigenvalue weighted by molar-refractivity contribution is -0.128. The molecule has 3 aromatic rings. The second-order valence-corrected chi connectivity index (χ2v) is 11.3. The summed E-state index contributed by atoms with van der Waals surface area (Å²) in [7, 11) is -3.88. The van der Waals surface area contributed by atoms with Crippen LogP contribution in [-0.2, 0) is 27.7 Å². The van der Waals surface area contributed by atoms with Gasteiger partial charge in [0.25, 0.3) is 15.9 Å². The molecule has 0 unspecified atom stereocenters. The van der Waals surface area contributed by atoms with E-state index >= 15 is 0 Å². The average molecular weight is 491 g/mol. The van der Waals surface area contributed by atoms with E-state index in [-0.39, 0.29) is 23.4 Å². The Morgan fingerprint density at radius 1 is 1.00 bits per heavy atom. The Hall–Kier alpha value is -3.32. The first-order valence-corrected chi connectivity index (χ1v) is 13.5. The van der Waals surface area contributed by atoms with Gasteiger partial charge in [0.2, 0.25) is 0 Å². The first-order valence-electron chi connectivity index (χ1n) is 12.1. The maximum Gasteiger partial charge on any atom is 0.264 e. The normalized spacial score (nSPS) is 18.1. The molecule has 1 amide bonds. The summed E-state index contributed by atoms with van der Waals surface area (Å²) in [6.07, 6.45) is 3.62. The molecule has 6 nitrogen and oxygen atoms in total. The van der Waals surface area contributed by atoms with Crippen LogP contribution in [0, 0.1) is 6.92 Å². The van der Waals surface area contributed by atoms with Crippen molar-refractivity contribution in [1.29, 1.82) is 0 Å². The van der Waals surface area contributed by atoms with Gasteiger partial charge >= 0.3 is 0 Å². The van der Waals surface area contributed by atoms with Crippen molar-refractivity contribution < 1.29 is 17.9 Å². The van der Waals surface area contributed by atoms with Gasteiger partial charge in [-0.15, -0.1) is 0 Å². The summed E-state index contributed by atoms with van der Waals surface area (Å²) in [6.45, 7) is 3.75. The maximum atomic E-state index is 13.5. The third-order valence-corrected chi connectivity index (χ3v) is 8.66. The summed E-state index contributed by atoms with van der Waals surface area (Å²) >= 11 is 0. The second kappa shape index (κ2) is 9.38. The number of para-hydroxylation sites is 2. The largest absolute Gasteiger partial charge is 0.476 e. The number of carbonyl (C=O) groups is 1. The van der Waals surface area contributed by atoms with Gasteiger partial charge in [-0.3, -0.25) is 9.10 Å². The summed E-state index contributed by atoms with van der Waals surface area (Å²) in [6, 6.07) is 19.8. The predicted molar refractivity (Wildman–Crippen MR) is 136 cm³/mol. The van der Waals surface area contributed by atoms with Crippen molar-refractivity contribution in [2.75, 3.05) is 10.8 Å². The zero-order valence-corrected chi connectivity index (χ0v) is 20.8. The molecule has 35 heavy (non-hydrogen) atoms. The standard InChI is InChI=1S/C28H30N2O4S/c1-19-11-15-24(16-12-19)35(32,33)30-18-27(34-26-10-6-5-9-25(26)30)28(31)29-20(2)22-14-13-21-7-3-4-8-23(21)17-22/h5-6,9-17,20,27H,3-4,7-8,18H2,1-2H3,(H,29,31)/t20-,27+/m1/s1. The number of sulfonamides is 1. The molecule has 1 N–H and O–H groups in total. The van der Waals surface area contributed by atoms with Crippen molar-refractivity contribution in [2.45, 2.75) is 56.6 Å². The van der Waals surface area contributed by atoms with Crippen LogP contribution < -0.4 is 14.4 Å². The molecule has 0 spiro atoms. The molecule has 0 saturated carbocycles. The molecule has 3 aromatic carbocycles. The molecule has 7 heteroatoms.